The largest absolute Gasteiger partial charge is 0.469 e. The molecule has 0 aromatic carbocycles. The number of hydrogen-bond donors (Lipinski definition) is 0. The second-order valence-electron chi connectivity index (χ2n) is 3.90. The lowest BCUT2D eigenvalue weighted by Gasteiger charge is -2.09. The van der Waals surface area contributed by atoms with Gasteiger partial charge in [-0.25, -0.2) is 0 Å². The summed E-state index contributed by atoms with van der Waals surface area (Å²) in [5.41, 5.74) is 0. The van der Waals surface area contributed by atoms with Gasteiger partial charge in [0.25, 0.3) is 0 Å². The van der Waals surface area contributed by atoms with Gasteiger partial charge in [-0.1, -0.05) is 0 Å². The van der Waals surface area contributed by atoms with Crippen LogP contribution < -0.4 is 0 Å². The topological polar surface area (TPSA) is 48.7 Å². The molecule has 0 N–H and O–H groups in total. The molecule has 88 valence electrons. The molecule has 4 heteroatoms. The van der Waals surface area contributed by atoms with E-state index >= 15 is 0 Å². The fourth-order valence-corrected chi connectivity index (χ4v) is 1.78. The fraction of sp³-hybridized carbons (Fsp3) is 0.583. The maximum atomic E-state index is 11.4. The van der Waals surface area contributed by atoms with Crippen molar-refractivity contribution < 1.29 is 18.7 Å². The summed E-state index contributed by atoms with van der Waals surface area (Å²) in [4.78, 5) is 11.4. The van der Waals surface area contributed by atoms with Crippen molar-refractivity contribution in [3.8, 4) is 0 Å². The third-order valence-electron chi connectivity index (χ3n) is 2.63. The minimum atomic E-state index is -0.243. The zero-order valence-corrected chi connectivity index (χ0v) is 9.19. The van der Waals surface area contributed by atoms with Gasteiger partial charge < -0.3 is 13.9 Å². The highest BCUT2D eigenvalue weighted by Crippen LogP contribution is 2.15. The molecule has 16 heavy (non-hydrogen) atoms. The normalized spacial score (nSPS) is 19.9. The smallest absolute Gasteiger partial charge is 0.313 e. The van der Waals surface area contributed by atoms with Gasteiger partial charge in [-0.3, -0.25) is 4.79 Å². The Morgan fingerprint density at radius 3 is 3.19 bits per heavy atom. The van der Waals surface area contributed by atoms with Crippen LogP contribution in [0, 0.1) is 0 Å². The van der Waals surface area contributed by atoms with E-state index < -0.39 is 0 Å². The van der Waals surface area contributed by atoms with Gasteiger partial charge in [0.1, 0.15) is 12.2 Å². The van der Waals surface area contributed by atoms with Gasteiger partial charge in [0.15, 0.2) is 0 Å². The minimum Gasteiger partial charge on any atom is -0.469 e. The predicted molar refractivity (Wildman–Crippen MR) is 57.0 cm³/mol. The molecule has 1 unspecified atom stereocenters. The summed E-state index contributed by atoms with van der Waals surface area (Å²) in [7, 11) is 0. The quantitative estimate of drug-likeness (QED) is 0.717. The van der Waals surface area contributed by atoms with E-state index in [-0.39, 0.29) is 18.5 Å². The highest BCUT2D eigenvalue weighted by molar-refractivity contribution is 5.71. The van der Waals surface area contributed by atoms with E-state index in [9.17, 15) is 4.79 Å². The molecule has 1 aliphatic heterocycles. The van der Waals surface area contributed by atoms with Gasteiger partial charge in [0, 0.05) is 13.0 Å². The molecule has 0 aliphatic carbocycles. The van der Waals surface area contributed by atoms with E-state index in [0.29, 0.717) is 12.4 Å². The summed E-state index contributed by atoms with van der Waals surface area (Å²) >= 11 is 0. The van der Waals surface area contributed by atoms with E-state index in [2.05, 4.69) is 0 Å². The monoisotopic (exact) mass is 224 g/mol. The lowest BCUT2D eigenvalue weighted by Crippen LogP contribution is -2.13. The molecule has 2 heterocycles. The van der Waals surface area contributed by atoms with Crippen molar-refractivity contribution in [1.82, 2.24) is 0 Å². The van der Waals surface area contributed by atoms with E-state index in [0.717, 1.165) is 25.9 Å². The van der Waals surface area contributed by atoms with E-state index in [1.54, 1.807) is 18.4 Å². The Morgan fingerprint density at radius 2 is 2.50 bits per heavy atom. The maximum absolute atomic E-state index is 11.4. The van der Waals surface area contributed by atoms with Gasteiger partial charge in [-0.15, -0.1) is 0 Å². The van der Waals surface area contributed by atoms with Crippen LogP contribution in [-0.2, 0) is 20.7 Å². The summed E-state index contributed by atoms with van der Waals surface area (Å²) in [5.74, 6) is 0.398. The number of furan rings is 1. The van der Waals surface area contributed by atoms with Gasteiger partial charge in [0.05, 0.1) is 19.0 Å². The van der Waals surface area contributed by atoms with E-state index in [1.165, 1.54) is 0 Å². The predicted octanol–water partition coefficient (Wildman–Crippen LogP) is 1.93. The molecule has 0 saturated carbocycles. The van der Waals surface area contributed by atoms with Crippen molar-refractivity contribution in [2.24, 2.45) is 0 Å². The second kappa shape index (κ2) is 5.70. The van der Waals surface area contributed by atoms with Crippen LogP contribution in [0.4, 0.5) is 0 Å². The first-order valence-electron chi connectivity index (χ1n) is 5.64. The van der Waals surface area contributed by atoms with Gasteiger partial charge >= 0.3 is 5.97 Å². The Balaban J connectivity index is 1.60. The summed E-state index contributed by atoms with van der Waals surface area (Å²) in [6, 6.07) is 3.52. The van der Waals surface area contributed by atoms with Crippen molar-refractivity contribution >= 4 is 5.97 Å². The first-order chi connectivity index (χ1) is 7.84. The SMILES string of the molecule is O=C(Cc1ccco1)OCCC1CCCO1. The summed E-state index contributed by atoms with van der Waals surface area (Å²) in [6.45, 7) is 1.27. The molecule has 1 fully saturated rings. The molecular weight excluding hydrogens is 208 g/mol. The molecule has 1 atom stereocenters. The Labute approximate surface area is 94.5 Å². The highest BCUT2D eigenvalue weighted by atomic mass is 16.5. The van der Waals surface area contributed by atoms with Crippen LogP contribution in [0.25, 0.3) is 0 Å². The molecule has 1 aromatic heterocycles. The van der Waals surface area contributed by atoms with Crippen LogP contribution >= 0.6 is 0 Å². The molecule has 4 nitrogen and oxygen atoms in total. The molecule has 0 radical (unpaired) electrons. The van der Waals surface area contributed by atoms with Crippen LogP contribution in [0.3, 0.4) is 0 Å². The lowest BCUT2D eigenvalue weighted by molar-refractivity contribution is -0.143. The minimum absolute atomic E-state index is 0.207. The molecule has 1 aromatic rings. The van der Waals surface area contributed by atoms with Crippen molar-refractivity contribution in [3.05, 3.63) is 24.2 Å². The third kappa shape index (κ3) is 3.38. The summed E-state index contributed by atoms with van der Waals surface area (Å²) in [6.07, 6.45) is 5.02. The maximum Gasteiger partial charge on any atom is 0.313 e. The van der Waals surface area contributed by atoms with Crippen LogP contribution in [-0.4, -0.2) is 25.3 Å². The highest BCUT2D eigenvalue weighted by Gasteiger charge is 2.16. The Bertz CT molecular complexity index is 312. The van der Waals surface area contributed by atoms with Crippen molar-refractivity contribution in [3.63, 3.8) is 0 Å². The number of carbonyl (C=O) groups excluding carboxylic acids is 1. The molecule has 0 spiro atoms. The van der Waals surface area contributed by atoms with Crippen molar-refractivity contribution in [2.45, 2.75) is 31.8 Å². The molecule has 0 amide bonds. The summed E-state index contributed by atoms with van der Waals surface area (Å²) < 4.78 is 15.6. The van der Waals surface area contributed by atoms with Gasteiger partial charge in [-0.05, 0) is 25.0 Å². The van der Waals surface area contributed by atoms with E-state index in [1.807, 2.05) is 0 Å². The Kier molecular flexibility index (Phi) is 3.99. The zero-order valence-electron chi connectivity index (χ0n) is 9.19. The van der Waals surface area contributed by atoms with Crippen molar-refractivity contribution in [2.75, 3.05) is 13.2 Å². The zero-order chi connectivity index (χ0) is 11.2. The molecule has 2 rings (SSSR count). The van der Waals surface area contributed by atoms with Crippen LogP contribution in [0.15, 0.2) is 22.8 Å². The Hall–Kier alpha value is -1.29. The van der Waals surface area contributed by atoms with Crippen LogP contribution in [0.1, 0.15) is 25.0 Å². The third-order valence-corrected chi connectivity index (χ3v) is 2.63. The standard InChI is InChI=1S/C12H16O4/c13-12(9-11-4-2-7-15-11)16-8-5-10-3-1-6-14-10/h2,4,7,10H,1,3,5-6,8-9H2. The van der Waals surface area contributed by atoms with Crippen molar-refractivity contribution in [1.29, 1.82) is 0 Å². The average molecular weight is 224 g/mol. The lowest BCUT2D eigenvalue weighted by atomic mass is 10.2. The molecule has 0 bridgehead atoms. The van der Waals surface area contributed by atoms with Crippen LogP contribution in [0.2, 0.25) is 0 Å². The number of hydrogen-bond acceptors (Lipinski definition) is 4. The second-order valence-corrected chi connectivity index (χ2v) is 3.90. The summed E-state index contributed by atoms with van der Waals surface area (Å²) in [5, 5.41) is 0. The van der Waals surface area contributed by atoms with Gasteiger partial charge in [0.2, 0.25) is 0 Å². The molecular formula is C12H16O4. The fourth-order valence-electron chi connectivity index (χ4n) is 1.78. The Morgan fingerprint density at radius 1 is 1.56 bits per heavy atom. The average Bonchev–Trinajstić information content (AvgIpc) is 2.90. The van der Waals surface area contributed by atoms with Gasteiger partial charge in [-0.2, -0.15) is 0 Å². The number of carbonyl (C=O) groups is 1. The first kappa shape index (κ1) is 11.2. The molecule has 1 saturated heterocycles. The number of ether oxygens (including phenoxy) is 2. The van der Waals surface area contributed by atoms with Crippen LogP contribution in [0.5, 0.6) is 0 Å². The number of esters is 1. The van der Waals surface area contributed by atoms with E-state index in [4.69, 9.17) is 13.9 Å². The first-order valence-corrected chi connectivity index (χ1v) is 5.64. The molecule has 1 aliphatic rings. The number of rotatable bonds is 5.